The number of sulfonamides is 1. The Kier molecular flexibility index (Phi) is 4.55. The number of carboxylic acid groups (broad SMARTS) is 1. The Morgan fingerprint density at radius 2 is 2.05 bits per heavy atom. The molecule has 20 heavy (non-hydrogen) atoms. The molecule has 0 aromatic heterocycles. The molecule has 1 atom stereocenters. The summed E-state index contributed by atoms with van der Waals surface area (Å²) in [6.45, 7) is -0.0697. The van der Waals surface area contributed by atoms with Gasteiger partial charge in [0.05, 0.1) is 28.2 Å². The van der Waals surface area contributed by atoms with Gasteiger partial charge in [-0.25, -0.2) is 8.42 Å². The van der Waals surface area contributed by atoms with Crippen LogP contribution < -0.4 is 0 Å². The van der Waals surface area contributed by atoms with Crippen molar-refractivity contribution in [3.05, 3.63) is 28.2 Å². The van der Waals surface area contributed by atoms with E-state index in [-0.39, 0.29) is 34.7 Å². The molecule has 1 fully saturated rings. The number of aliphatic carboxylic acids is 1. The molecule has 1 unspecified atom stereocenters. The zero-order valence-corrected chi connectivity index (χ0v) is 12.5. The smallest absolute Gasteiger partial charge is 0.324 e. The molecule has 0 saturated carbocycles. The van der Waals surface area contributed by atoms with E-state index in [9.17, 15) is 13.2 Å². The van der Waals surface area contributed by atoms with E-state index in [2.05, 4.69) is 0 Å². The molecule has 0 bridgehead atoms. The SMILES string of the molecule is O=C(O)C1COCCN1S(=O)(=O)c1ccc(Cl)c(Cl)c1. The maximum absolute atomic E-state index is 12.5. The van der Waals surface area contributed by atoms with Crippen molar-refractivity contribution in [1.29, 1.82) is 0 Å². The zero-order chi connectivity index (χ0) is 14.9. The molecule has 110 valence electrons. The molecule has 1 aliphatic rings. The Balaban J connectivity index is 2.42. The fourth-order valence-electron chi connectivity index (χ4n) is 1.84. The number of benzene rings is 1. The molecular formula is C11H11Cl2NO5S. The summed E-state index contributed by atoms with van der Waals surface area (Å²) in [5, 5.41) is 9.40. The minimum atomic E-state index is -3.97. The number of ether oxygens (including phenoxy) is 1. The zero-order valence-electron chi connectivity index (χ0n) is 10.1. The first-order valence-electron chi connectivity index (χ1n) is 5.61. The van der Waals surface area contributed by atoms with Crippen LogP contribution in [0.5, 0.6) is 0 Å². The van der Waals surface area contributed by atoms with Crippen molar-refractivity contribution in [2.75, 3.05) is 19.8 Å². The lowest BCUT2D eigenvalue weighted by Gasteiger charge is -2.31. The Morgan fingerprint density at radius 3 is 2.65 bits per heavy atom. The van der Waals surface area contributed by atoms with E-state index < -0.39 is 22.0 Å². The molecule has 0 spiro atoms. The molecule has 0 amide bonds. The summed E-state index contributed by atoms with van der Waals surface area (Å²) in [6, 6.07) is 2.60. The second-order valence-corrected chi connectivity index (χ2v) is 6.83. The molecule has 2 rings (SSSR count). The average molecular weight is 340 g/mol. The second-order valence-electron chi connectivity index (χ2n) is 4.12. The first-order chi connectivity index (χ1) is 9.34. The van der Waals surface area contributed by atoms with Gasteiger partial charge in [-0.3, -0.25) is 4.79 Å². The van der Waals surface area contributed by atoms with Crippen LogP contribution in [-0.2, 0) is 19.6 Å². The van der Waals surface area contributed by atoms with Gasteiger partial charge in [0.1, 0.15) is 6.04 Å². The Bertz CT molecular complexity index is 634. The summed E-state index contributed by atoms with van der Waals surface area (Å²) >= 11 is 11.5. The van der Waals surface area contributed by atoms with Crippen molar-refractivity contribution < 1.29 is 23.1 Å². The first-order valence-corrected chi connectivity index (χ1v) is 7.81. The van der Waals surface area contributed by atoms with Crippen molar-refractivity contribution in [2.24, 2.45) is 0 Å². The van der Waals surface area contributed by atoms with E-state index in [0.717, 1.165) is 4.31 Å². The van der Waals surface area contributed by atoms with Crippen LogP contribution in [0.4, 0.5) is 0 Å². The number of morpholine rings is 1. The van der Waals surface area contributed by atoms with Gasteiger partial charge in [0, 0.05) is 6.54 Å². The highest BCUT2D eigenvalue weighted by Crippen LogP contribution is 2.28. The van der Waals surface area contributed by atoms with Crippen LogP contribution in [0.15, 0.2) is 23.1 Å². The topological polar surface area (TPSA) is 83.9 Å². The van der Waals surface area contributed by atoms with Gasteiger partial charge in [-0.05, 0) is 18.2 Å². The van der Waals surface area contributed by atoms with Crippen LogP contribution in [0.25, 0.3) is 0 Å². The number of carboxylic acids is 1. The number of nitrogens with zero attached hydrogens (tertiary/aromatic N) is 1. The predicted octanol–water partition coefficient (Wildman–Crippen LogP) is 1.47. The van der Waals surface area contributed by atoms with Crippen LogP contribution in [0, 0.1) is 0 Å². The van der Waals surface area contributed by atoms with Crippen LogP contribution in [-0.4, -0.2) is 49.6 Å². The molecule has 1 aromatic rings. The van der Waals surface area contributed by atoms with Gasteiger partial charge in [0.25, 0.3) is 0 Å². The van der Waals surface area contributed by atoms with Crippen LogP contribution in [0.1, 0.15) is 0 Å². The molecule has 6 nitrogen and oxygen atoms in total. The molecule has 1 N–H and O–H groups in total. The van der Waals surface area contributed by atoms with Crippen LogP contribution in [0.3, 0.4) is 0 Å². The third-order valence-electron chi connectivity index (χ3n) is 2.86. The normalized spacial score (nSPS) is 20.8. The van der Waals surface area contributed by atoms with Crippen LogP contribution >= 0.6 is 23.2 Å². The lowest BCUT2D eigenvalue weighted by molar-refractivity contribution is -0.146. The third-order valence-corrected chi connectivity index (χ3v) is 5.51. The average Bonchev–Trinajstić information content (AvgIpc) is 2.41. The summed E-state index contributed by atoms with van der Waals surface area (Å²) in [5.41, 5.74) is 0. The van der Waals surface area contributed by atoms with Crippen molar-refractivity contribution >= 4 is 39.2 Å². The Hall–Kier alpha value is -0.860. The van der Waals surface area contributed by atoms with Crippen molar-refractivity contribution in [1.82, 2.24) is 4.31 Å². The van der Waals surface area contributed by atoms with Gasteiger partial charge in [-0.15, -0.1) is 0 Å². The van der Waals surface area contributed by atoms with E-state index in [1.54, 1.807) is 0 Å². The lowest BCUT2D eigenvalue weighted by Crippen LogP contribution is -2.52. The molecule has 0 aliphatic carbocycles. The van der Waals surface area contributed by atoms with Gasteiger partial charge < -0.3 is 9.84 Å². The largest absolute Gasteiger partial charge is 0.480 e. The fourth-order valence-corrected chi connectivity index (χ4v) is 3.78. The molecule has 1 heterocycles. The highest BCUT2D eigenvalue weighted by molar-refractivity contribution is 7.89. The number of rotatable bonds is 3. The molecule has 1 saturated heterocycles. The maximum atomic E-state index is 12.5. The van der Waals surface area contributed by atoms with Gasteiger partial charge in [0.15, 0.2) is 0 Å². The summed E-state index contributed by atoms with van der Waals surface area (Å²) < 4.78 is 30.9. The number of hydrogen-bond acceptors (Lipinski definition) is 4. The van der Waals surface area contributed by atoms with E-state index >= 15 is 0 Å². The predicted molar refractivity (Wildman–Crippen MR) is 72.6 cm³/mol. The quantitative estimate of drug-likeness (QED) is 0.901. The summed E-state index contributed by atoms with van der Waals surface area (Å²) in [5.74, 6) is -1.26. The Morgan fingerprint density at radius 1 is 1.35 bits per heavy atom. The monoisotopic (exact) mass is 339 g/mol. The van der Waals surface area contributed by atoms with Crippen molar-refractivity contribution in [2.45, 2.75) is 10.9 Å². The van der Waals surface area contributed by atoms with Crippen LogP contribution in [0.2, 0.25) is 10.0 Å². The fraction of sp³-hybridized carbons (Fsp3) is 0.364. The maximum Gasteiger partial charge on any atom is 0.324 e. The molecular weight excluding hydrogens is 329 g/mol. The minimum Gasteiger partial charge on any atom is -0.480 e. The van der Waals surface area contributed by atoms with E-state index in [4.69, 9.17) is 33.0 Å². The third kappa shape index (κ3) is 2.91. The molecule has 9 heteroatoms. The van der Waals surface area contributed by atoms with Crippen molar-refractivity contribution in [3.8, 4) is 0 Å². The number of hydrogen-bond donors (Lipinski definition) is 1. The number of halogens is 2. The van der Waals surface area contributed by atoms with Gasteiger partial charge in [-0.2, -0.15) is 4.31 Å². The molecule has 1 aliphatic heterocycles. The molecule has 1 aromatic carbocycles. The highest BCUT2D eigenvalue weighted by Gasteiger charge is 2.38. The lowest BCUT2D eigenvalue weighted by atomic mass is 10.3. The number of carbonyl (C=O) groups is 1. The standard InChI is InChI=1S/C11H11Cl2NO5S/c12-8-2-1-7(5-9(8)13)20(17,18)14-3-4-19-6-10(14)11(15)16/h1-2,5,10H,3-4,6H2,(H,15,16). The Labute approximate surface area is 125 Å². The summed E-state index contributed by atoms with van der Waals surface area (Å²) in [7, 11) is -3.97. The van der Waals surface area contributed by atoms with E-state index in [1.807, 2.05) is 0 Å². The van der Waals surface area contributed by atoms with E-state index in [0.29, 0.717) is 0 Å². The second kappa shape index (κ2) is 5.87. The van der Waals surface area contributed by atoms with Gasteiger partial charge in [-0.1, -0.05) is 23.2 Å². The summed E-state index contributed by atoms with van der Waals surface area (Å²) in [4.78, 5) is 11.0. The van der Waals surface area contributed by atoms with E-state index in [1.165, 1.54) is 18.2 Å². The van der Waals surface area contributed by atoms with Gasteiger partial charge >= 0.3 is 5.97 Å². The summed E-state index contributed by atoms with van der Waals surface area (Å²) in [6.07, 6.45) is 0. The minimum absolute atomic E-state index is 0.0282. The van der Waals surface area contributed by atoms with Crippen molar-refractivity contribution in [3.63, 3.8) is 0 Å². The highest BCUT2D eigenvalue weighted by atomic mass is 35.5. The molecule has 0 radical (unpaired) electrons. The first kappa shape index (κ1) is 15.5. The van der Waals surface area contributed by atoms with Gasteiger partial charge in [0.2, 0.25) is 10.0 Å².